The maximum atomic E-state index is 12.2. The van der Waals surface area contributed by atoms with Gasteiger partial charge in [0, 0.05) is 4.88 Å². The summed E-state index contributed by atoms with van der Waals surface area (Å²) in [7, 11) is 0. The monoisotopic (exact) mass is 293 g/mol. The number of carboxylic acid groups (broad SMARTS) is 1. The SMILES string of the molecule is O=C(O)c1c(NC(=O)C(F)(F)F)sc2c1CCCC2. The summed E-state index contributed by atoms with van der Waals surface area (Å²) in [6, 6.07) is 0. The number of anilines is 1. The minimum absolute atomic E-state index is 0.197. The minimum Gasteiger partial charge on any atom is -0.478 e. The fourth-order valence-corrected chi connectivity index (χ4v) is 3.33. The molecule has 4 nitrogen and oxygen atoms in total. The number of amides is 1. The van der Waals surface area contributed by atoms with Gasteiger partial charge in [0.1, 0.15) is 5.00 Å². The molecule has 2 rings (SSSR count). The molecule has 0 fully saturated rings. The van der Waals surface area contributed by atoms with Gasteiger partial charge in [-0.3, -0.25) is 4.79 Å². The van der Waals surface area contributed by atoms with E-state index in [4.69, 9.17) is 5.11 Å². The molecule has 0 saturated heterocycles. The zero-order valence-electron chi connectivity index (χ0n) is 9.63. The average Bonchev–Trinajstić information content (AvgIpc) is 2.65. The fourth-order valence-electron chi connectivity index (χ4n) is 2.05. The molecule has 1 amide bonds. The summed E-state index contributed by atoms with van der Waals surface area (Å²) in [5, 5.41) is 10.5. The zero-order valence-corrected chi connectivity index (χ0v) is 10.5. The normalized spacial score (nSPS) is 14.9. The lowest BCUT2D eigenvalue weighted by Gasteiger charge is -2.10. The Bertz CT molecular complexity index is 536. The average molecular weight is 293 g/mol. The second kappa shape index (κ2) is 4.84. The number of carboxylic acids is 1. The first-order chi connectivity index (χ1) is 8.80. The number of alkyl halides is 3. The molecule has 2 N–H and O–H groups in total. The molecule has 0 saturated carbocycles. The predicted molar refractivity (Wildman–Crippen MR) is 62.6 cm³/mol. The molecule has 0 spiro atoms. The lowest BCUT2D eigenvalue weighted by atomic mass is 9.95. The summed E-state index contributed by atoms with van der Waals surface area (Å²) in [5.74, 6) is -3.45. The number of rotatable bonds is 2. The van der Waals surface area contributed by atoms with Gasteiger partial charge in [-0.15, -0.1) is 11.3 Å². The number of aryl methyl sites for hydroxylation is 1. The number of fused-ring (bicyclic) bond motifs is 1. The van der Waals surface area contributed by atoms with Crippen LogP contribution in [-0.2, 0) is 17.6 Å². The highest BCUT2D eigenvalue weighted by Crippen LogP contribution is 2.38. The number of hydrogen-bond acceptors (Lipinski definition) is 3. The van der Waals surface area contributed by atoms with Gasteiger partial charge in [-0.25, -0.2) is 4.79 Å². The van der Waals surface area contributed by atoms with Crippen molar-refractivity contribution in [1.29, 1.82) is 0 Å². The standard InChI is InChI=1S/C11H10F3NO3S/c12-11(13,14)10(18)15-8-7(9(16)17)5-3-1-2-4-6(5)19-8/h1-4H2,(H,15,18)(H,16,17). The molecule has 1 heterocycles. The van der Waals surface area contributed by atoms with Crippen LogP contribution in [0.1, 0.15) is 33.6 Å². The Morgan fingerprint density at radius 3 is 2.42 bits per heavy atom. The van der Waals surface area contributed by atoms with Crippen LogP contribution in [0.5, 0.6) is 0 Å². The van der Waals surface area contributed by atoms with Crippen molar-refractivity contribution in [2.75, 3.05) is 5.32 Å². The maximum Gasteiger partial charge on any atom is 0.471 e. The molecule has 1 aliphatic carbocycles. The summed E-state index contributed by atoms with van der Waals surface area (Å²) >= 11 is 0.922. The van der Waals surface area contributed by atoms with Gasteiger partial charge in [0.25, 0.3) is 0 Å². The molecule has 1 aromatic heterocycles. The molecule has 0 unspecified atom stereocenters. The van der Waals surface area contributed by atoms with Gasteiger partial charge in [0.05, 0.1) is 5.56 Å². The Labute approximate surface area is 110 Å². The Balaban J connectivity index is 2.38. The molecular weight excluding hydrogens is 283 g/mol. The summed E-state index contributed by atoms with van der Waals surface area (Å²) in [6.45, 7) is 0. The molecule has 19 heavy (non-hydrogen) atoms. The Morgan fingerprint density at radius 1 is 1.21 bits per heavy atom. The number of nitrogens with one attached hydrogen (secondary N) is 1. The fraction of sp³-hybridized carbons (Fsp3) is 0.455. The molecule has 0 atom stereocenters. The van der Waals surface area contributed by atoms with Crippen molar-refractivity contribution < 1.29 is 27.9 Å². The second-order valence-corrected chi connectivity index (χ2v) is 5.28. The van der Waals surface area contributed by atoms with Gasteiger partial charge in [-0.05, 0) is 31.2 Å². The van der Waals surface area contributed by atoms with Crippen LogP contribution in [0.2, 0.25) is 0 Å². The zero-order chi connectivity index (χ0) is 14.2. The van der Waals surface area contributed by atoms with Crippen molar-refractivity contribution in [2.45, 2.75) is 31.9 Å². The van der Waals surface area contributed by atoms with E-state index >= 15 is 0 Å². The first-order valence-electron chi connectivity index (χ1n) is 5.56. The van der Waals surface area contributed by atoms with Crippen LogP contribution >= 0.6 is 11.3 Å². The topological polar surface area (TPSA) is 66.4 Å². The van der Waals surface area contributed by atoms with E-state index in [0.29, 0.717) is 18.4 Å². The summed E-state index contributed by atoms with van der Waals surface area (Å²) in [5.41, 5.74) is 0.360. The van der Waals surface area contributed by atoms with E-state index in [0.717, 1.165) is 29.1 Å². The maximum absolute atomic E-state index is 12.2. The third kappa shape index (κ3) is 2.73. The van der Waals surface area contributed by atoms with Crippen molar-refractivity contribution in [3.8, 4) is 0 Å². The van der Waals surface area contributed by atoms with Crippen molar-refractivity contribution in [2.24, 2.45) is 0 Å². The summed E-state index contributed by atoms with van der Waals surface area (Å²) < 4.78 is 36.6. The van der Waals surface area contributed by atoms with Crippen molar-refractivity contribution in [3.63, 3.8) is 0 Å². The number of hydrogen-bond donors (Lipinski definition) is 2. The lowest BCUT2D eigenvalue weighted by molar-refractivity contribution is -0.167. The van der Waals surface area contributed by atoms with E-state index < -0.39 is 18.1 Å². The van der Waals surface area contributed by atoms with Crippen LogP contribution in [0.4, 0.5) is 18.2 Å². The molecule has 1 aliphatic rings. The molecule has 0 aliphatic heterocycles. The van der Waals surface area contributed by atoms with Gasteiger partial charge in [0.15, 0.2) is 0 Å². The van der Waals surface area contributed by atoms with Gasteiger partial charge in [0.2, 0.25) is 0 Å². The number of thiophene rings is 1. The third-order valence-corrected chi connectivity index (χ3v) is 4.08. The molecule has 1 aromatic rings. The van der Waals surface area contributed by atoms with Crippen LogP contribution in [0.15, 0.2) is 0 Å². The van der Waals surface area contributed by atoms with E-state index in [1.807, 2.05) is 0 Å². The number of aromatic carboxylic acids is 1. The smallest absolute Gasteiger partial charge is 0.471 e. The quantitative estimate of drug-likeness (QED) is 0.881. The molecule has 0 aromatic carbocycles. The number of carbonyl (C=O) groups excluding carboxylic acids is 1. The number of halogens is 3. The van der Waals surface area contributed by atoms with E-state index in [1.54, 1.807) is 5.32 Å². The van der Waals surface area contributed by atoms with Crippen LogP contribution < -0.4 is 5.32 Å². The molecule has 104 valence electrons. The van der Waals surface area contributed by atoms with E-state index in [9.17, 15) is 22.8 Å². The highest BCUT2D eigenvalue weighted by atomic mass is 32.1. The summed E-state index contributed by atoms with van der Waals surface area (Å²) in [4.78, 5) is 22.8. The van der Waals surface area contributed by atoms with Crippen LogP contribution in [-0.4, -0.2) is 23.2 Å². The van der Waals surface area contributed by atoms with Crippen molar-refractivity contribution >= 4 is 28.2 Å². The molecule has 0 bridgehead atoms. The van der Waals surface area contributed by atoms with Gasteiger partial charge < -0.3 is 10.4 Å². The first-order valence-corrected chi connectivity index (χ1v) is 6.38. The third-order valence-electron chi connectivity index (χ3n) is 2.87. The van der Waals surface area contributed by atoms with Gasteiger partial charge >= 0.3 is 18.1 Å². The molecule has 8 heteroatoms. The largest absolute Gasteiger partial charge is 0.478 e. The Morgan fingerprint density at radius 2 is 1.84 bits per heavy atom. The lowest BCUT2D eigenvalue weighted by Crippen LogP contribution is -2.30. The van der Waals surface area contributed by atoms with E-state index in [2.05, 4.69) is 0 Å². The first kappa shape index (κ1) is 13.9. The Kier molecular flexibility index (Phi) is 3.53. The van der Waals surface area contributed by atoms with Gasteiger partial charge in [-0.1, -0.05) is 0 Å². The van der Waals surface area contributed by atoms with Crippen LogP contribution in [0.25, 0.3) is 0 Å². The minimum atomic E-state index is -5.03. The van der Waals surface area contributed by atoms with Crippen molar-refractivity contribution in [3.05, 3.63) is 16.0 Å². The Hall–Kier alpha value is -1.57. The van der Waals surface area contributed by atoms with Crippen molar-refractivity contribution in [1.82, 2.24) is 0 Å². The second-order valence-electron chi connectivity index (χ2n) is 4.17. The van der Waals surface area contributed by atoms with Crippen LogP contribution in [0, 0.1) is 0 Å². The highest BCUT2D eigenvalue weighted by molar-refractivity contribution is 7.17. The molecule has 0 radical (unpaired) electrons. The van der Waals surface area contributed by atoms with Gasteiger partial charge in [-0.2, -0.15) is 13.2 Å². The predicted octanol–water partition coefficient (Wildman–Crippen LogP) is 2.83. The highest BCUT2D eigenvalue weighted by Gasteiger charge is 2.40. The summed E-state index contributed by atoms with van der Waals surface area (Å²) in [6.07, 6.45) is -2.19. The van der Waals surface area contributed by atoms with E-state index in [1.165, 1.54) is 0 Å². The molecular formula is C11H10F3NO3S. The number of carbonyl (C=O) groups is 2. The van der Waals surface area contributed by atoms with E-state index in [-0.39, 0.29) is 10.6 Å². The van der Waals surface area contributed by atoms with Crippen LogP contribution in [0.3, 0.4) is 0 Å².